The number of rotatable bonds is 5. The molecule has 2 rings (SSSR count). The fourth-order valence-electron chi connectivity index (χ4n) is 1.71. The first-order valence-corrected chi connectivity index (χ1v) is 7.03. The van der Waals surface area contributed by atoms with Crippen molar-refractivity contribution in [3.63, 3.8) is 0 Å². The van der Waals surface area contributed by atoms with E-state index in [1.165, 1.54) is 0 Å². The number of benzene rings is 1. The summed E-state index contributed by atoms with van der Waals surface area (Å²) >= 11 is 17.6. The van der Waals surface area contributed by atoms with Gasteiger partial charge in [0.15, 0.2) is 0 Å². The molecule has 1 fully saturated rings. The molecule has 0 spiro atoms. The van der Waals surface area contributed by atoms with E-state index in [2.05, 4.69) is 5.32 Å². The van der Waals surface area contributed by atoms with Gasteiger partial charge < -0.3 is 10.1 Å². The lowest BCUT2D eigenvalue weighted by Crippen LogP contribution is -2.35. The summed E-state index contributed by atoms with van der Waals surface area (Å²) in [5, 5.41) is 3.42. The fraction of sp³-hybridized carbons (Fsp3) is 0.462. The standard InChI is InChI=1S/C13H14Cl3NO2/c1-12(8-13(12,15)16)11(18)17-6-7-19-10-4-2-9(14)3-5-10/h2-5H,6-8H2,1H3,(H,17,18)/t12-/m0/s1. The van der Waals surface area contributed by atoms with Gasteiger partial charge in [-0.15, -0.1) is 23.2 Å². The largest absolute Gasteiger partial charge is 0.492 e. The smallest absolute Gasteiger partial charge is 0.229 e. The third kappa shape index (κ3) is 3.28. The van der Waals surface area contributed by atoms with Crippen LogP contribution in [0.3, 0.4) is 0 Å². The van der Waals surface area contributed by atoms with Gasteiger partial charge in [0, 0.05) is 5.02 Å². The second-order valence-electron chi connectivity index (χ2n) is 4.77. The lowest BCUT2D eigenvalue weighted by Gasteiger charge is -2.13. The Morgan fingerprint density at radius 1 is 1.37 bits per heavy atom. The maximum absolute atomic E-state index is 11.8. The molecule has 0 aromatic heterocycles. The average molecular weight is 323 g/mol. The molecule has 3 nitrogen and oxygen atoms in total. The normalized spacial score (nSPS) is 23.8. The summed E-state index contributed by atoms with van der Waals surface area (Å²) in [6.07, 6.45) is 0.479. The Hall–Kier alpha value is -0.640. The summed E-state index contributed by atoms with van der Waals surface area (Å²) in [6.45, 7) is 2.53. The molecule has 1 aliphatic carbocycles. The van der Waals surface area contributed by atoms with Crippen molar-refractivity contribution in [3.05, 3.63) is 29.3 Å². The fourth-order valence-corrected chi connectivity index (χ4v) is 2.54. The number of nitrogens with one attached hydrogen (secondary N) is 1. The van der Waals surface area contributed by atoms with Crippen molar-refractivity contribution in [2.45, 2.75) is 17.7 Å². The first kappa shape index (κ1) is 14.8. The van der Waals surface area contributed by atoms with Crippen LogP contribution in [0.1, 0.15) is 13.3 Å². The predicted molar refractivity (Wildman–Crippen MR) is 77.1 cm³/mol. The average Bonchev–Trinajstić information content (AvgIpc) is 2.87. The molecule has 0 saturated heterocycles. The second-order valence-corrected chi connectivity index (χ2v) is 6.69. The Morgan fingerprint density at radius 3 is 2.47 bits per heavy atom. The van der Waals surface area contributed by atoms with Crippen LogP contribution in [0.15, 0.2) is 24.3 Å². The van der Waals surface area contributed by atoms with Gasteiger partial charge in [0.05, 0.1) is 12.0 Å². The van der Waals surface area contributed by atoms with Crippen molar-refractivity contribution >= 4 is 40.7 Å². The van der Waals surface area contributed by atoms with E-state index < -0.39 is 9.75 Å². The summed E-state index contributed by atoms with van der Waals surface area (Å²) in [5.74, 6) is 0.567. The highest BCUT2D eigenvalue weighted by Gasteiger charge is 2.67. The molecular weight excluding hydrogens is 309 g/mol. The summed E-state index contributed by atoms with van der Waals surface area (Å²) in [6, 6.07) is 7.04. The van der Waals surface area contributed by atoms with Crippen LogP contribution in [0.4, 0.5) is 0 Å². The molecule has 1 N–H and O–H groups in total. The highest BCUT2D eigenvalue weighted by Crippen LogP contribution is 2.63. The van der Waals surface area contributed by atoms with Gasteiger partial charge in [0.25, 0.3) is 0 Å². The van der Waals surface area contributed by atoms with Crippen molar-refractivity contribution in [1.29, 1.82) is 0 Å². The molecule has 0 heterocycles. The summed E-state index contributed by atoms with van der Waals surface area (Å²) in [5.41, 5.74) is -0.684. The van der Waals surface area contributed by atoms with Crippen molar-refractivity contribution < 1.29 is 9.53 Å². The number of amides is 1. The predicted octanol–water partition coefficient (Wildman–Crippen LogP) is 3.42. The minimum absolute atomic E-state index is 0.141. The highest BCUT2D eigenvalue weighted by atomic mass is 35.5. The maximum Gasteiger partial charge on any atom is 0.229 e. The summed E-state index contributed by atoms with van der Waals surface area (Å²) in [4.78, 5) is 11.8. The number of hydrogen-bond acceptors (Lipinski definition) is 2. The van der Waals surface area contributed by atoms with Gasteiger partial charge in [-0.25, -0.2) is 0 Å². The van der Waals surface area contributed by atoms with E-state index in [9.17, 15) is 4.79 Å². The van der Waals surface area contributed by atoms with Crippen molar-refractivity contribution in [1.82, 2.24) is 5.32 Å². The minimum atomic E-state index is -0.936. The molecule has 1 aromatic rings. The monoisotopic (exact) mass is 321 g/mol. The van der Waals surface area contributed by atoms with E-state index in [0.717, 1.165) is 0 Å². The Labute approximate surface area is 127 Å². The number of carbonyl (C=O) groups is 1. The molecule has 1 amide bonds. The molecule has 0 radical (unpaired) electrons. The molecule has 0 aliphatic heterocycles. The minimum Gasteiger partial charge on any atom is -0.492 e. The van der Waals surface area contributed by atoms with Gasteiger partial charge in [0.1, 0.15) is 16.7 Å². The van der Waals surface area contributed by atoms with E-state index >= 15 is 0 Å². The number of carbonyl (C=O) groups excluding carboxylic acids is 1. The van der Waals surface area contributed by atoms with Crippen LogP contribution in [0.25, 0.3) is 0 Å². The van der Waals surface area contributed by atoms with Gasteiger partial charge in [0.2, 0.25) is 5.91 Å². The van der Waals surface area contributed by atoms with E-state index in [0.29, 0.717) is 30.3 Å². The van der Waals surface area contributed by atoms with Crippen LogP contribution < -0.4 is 10.1 Å². The maximum atomic E-state index is 11.8. The molecule has 104 valence electrons. The Balaban J connectivity index is 1.70. The van der Waals surface area contributed by atoms with Crippen LogP contribution in [0.2, 0.25) is 5.02 Å². The van der Waals surface area contributed by atoms with Crippen molar-refractivity contribution in [2.24, 2.45) is 5.41 Å². The second kappa shape index (κ2) is 5.39. The Kier molecular flexibility index (Phi) is 4.19. The van der Waals surface area contributed by atoms with Crippen LogP contribution in [-0.4, -0.2) is 23.4 Å². The molecule has 19 heavy (non-hydrogen) atoms. The van der Waals surface area contributed by atoms with E-state index in [4.69, 9.17) is 39.5 Å². The van der Waals surface area contributed by atoms with Crippen molar-refractivity contribution in [3.8, 4) is 5.75 Å². The number of hydrogen-bond donors (Lipinski definition) is 1. The molecule has 1 atom stereocenters. The molecule has 6 heteroatoms. The van der Waals surface area contributed by atoms with Crippen LogP contribution in [-0.2, 0) is 4.79 Å². The Morgan fingerprint density at radius 2 is 1.95 bits per heavy atom. The topological polar surface area (TPSA) is 38.3 Å². The highest BCUT2D eigenvalue weighted by molar-refractivity contribution is 6.53. The van der Waals surface area contributed by atoms with Gasteiger partial charge in [-0.1, -0.05) is 11.6 Å². The van der Waals surface area contributed by atoms with E-state index in [-0.39, 0.29) is 5.91 Å². The third-order valence-corrected chi connectivity index (χ3v) is 4.58. The summed E-state index contributed by atoms with van der Waals surface area (Å²) < 4.78 is 4.52. The Bertz CT molecular complexity index is 475. The third-order valence-electron chi connectivity index (χ3n) is 3.23. The SMILES string of the molecule is C[C@@]1(C(=O)NCCOc2ccc(Cl)cc2)CC1(Cl)Cl. The number of halogens is 3. The van der Waals surface area contributed by atoms with Crippen LogP contribution in [0.5, 0.6) is 5.75 Å². The lowest BCUT2D eigenvalue weighted by atomic mass is 10.1. The van der Waals surface area contributed by atoms with Gasteiger partial charge in [-0.05, 0) is 37.6 Å². The van der Waals surface area contributed by atoms with Crippen molar-refractivity contribution in [2.75, 3.05) is 13.2 Å². The van der Waals surface area contributed by atoms with E-state index in [1.807, 2.05) is 0 Å². The molecule has 0 bridgehead atoms. The quantitative estimate of drug-likeness (QED) is 0.666. The molecule has 1 saturated carbocycles. The first-order chi connectivity index (χ1) is 8.85. The molecule has 1 aliphatic rings. The zero-order valence-corrected chi connectivity index (χ0v) is 12.6. The molecule has 0 unspecified atom stereocenters. The van der Waals surface area contributed by atoms with Gasteiger partial charge in [-0.2, -0.15) is 0 Å². The molecular formula is C13H14Cl3NO2. The zero-order chi connectivity index (χ0) is 14.1. The first-order valence-electron chi connectivity index (χ1n) is 5.90. The van der Waals surface area contributed by atoms with Gasteiger partial charge >= 0.3 is 0 Å². The van der Waals surface area contributed by atoms with Crippen LogP contribution in [0, 0.1) is 5.41 Å². The number of alkyl halides is 2. The van der Waals surface area contributed by atoms with Crippen LogP contribution >= 0.6 is 34.8 Å². The number of ether oxygens (including phenoxy) is 1. The van der Waals surface area contributed by atoms with Gasteiger partial charge in [-0.3, -0.25) is 4.79 Å². The van der Waals surface area contributed by atoms with E-state index in [1.54, 1.807) is 31.2 Å². The zero-order valence-electron chi connectivity index (χ0n) is 10.4. The molecule has 1 aromatic carbocycles. The lowest BCUT2D eigenvalue weighted by molar-refractivity contribution is -0.125. The summed E-state index contributed by atoms with van der Waals surface area (Å²) in [7, 11) is 0.